The Hall–Kier alpha value is -2.47. The first kappa shape index (κ1) is 14.5. The predicted octanol–water partition coefficient (Wildman–Crippen LogP) is 3.04. The number of aryl methyl sites for hydroxylation is 1. The zero-order chi connectivity index (χ0) is 15.4. The van der Waals surface area contributed by atoms with Gasteiger partial charge in [-0.1, -0.05) is 35.0 Å². The van der Waals surface area contributed by atoms with Crippen molar-refractivity contribution in [3.8, 4) is 11.3 Å². The van der Waals surface area contributed by atoms with Crippen molar-refractivity contribution in [1.82, 2.24) is 15.1 Å². The molecule has 0 radical (unpaired) electrons. The Bertz CT molecular complexity index is 752. The lowest BCUT2D eigenvalue weighted by atomic mass is 10.1. The van der Waals surface area contributed by atoms with Crippen molar-refractivity contribution in [1.29, 1.82) is 0 Å². The number of aromatic nitrogens is 3. The van der Waals surface area contributed by atoms with Gasteiger partial charge in [-0.2, -0.15) is 4.98 Å². The molecule has 2 aromatic heterocycles. The number of hydrogen-bond donors (Lipinski definition) is 1. The highest BCUT2D eigenvalue weighted by molar-refractivity contribution is 5.97. The van der Waals surface area contributed by atoms with E-state index in [9.17, 15) is 0 Å². The molecule has 0 fully saturated rings. The number of nitrogens with zero attached hydrogens (tertiary/aromatic N) is 3. The summed E-state index contributed by atoms with van der Waals surface area (Å²) in [5.41, 5.74) is 3.43. The van der Waals surface area contributed by atoms with Crippen LogP contribution in [0.25, 0.3) is 22.4 Å². The summed E-state index contributed by atoms with van der Waals surface area (Å²) in [6.07, 6.45) is 2.37. The number of rotatable bonds is 6. The average Bonchev–Trinajstić information content (AvgIpc) is 2.97. The van der Waals surface area contributed by atoms with E-state index in [0.717, 1.165) is 35.4 Å². The Kier molecular flexibility index (Phi) is 4.29. The Morgan fingerprint density at radius 1 is 1.18 bits per heavy atom. The van der Waals surface area contributed by atoms with Gasteiger partial charge < -0.3 is 14.6 Å². The first-order valence-electron chi connectivity index (χ1n) is 7.20. The minimum absolute atomic E-state index is 0.486. The molecule has 0 aliphatic carbocycles. The van der Waals surface area contributed by atoms with Crippen molar-refractivity contribution in [2.45, 2.75) is 13.3 Å². The normalized spacial score (nSPS) is 11.0. The largest absolute Gasteiger partial charge is 0.385 e. The molecule has 0 aliphatic heterocycles. The highest BCUT2D eigenvalue weighted by atomic mass is 16.5. The van der Waals surface area contributed by atoms with Gasteiger partial charge in [-0.3, -0.25) is 0 Å². The molecule has 0 saturated carbocycles. The van der Waals surface area contributed by atoms with Crippen LogP contribution in [0.15, 0.2) is 35.1 Å². The van der Waals surface area contributed by atoms with Crippen LogP contribution in [0, 0.1) is 6.92 Å². The number of hydrogen-bond acceptors (Lipinski definition) is 6. The van der Waals surface area contributed by atoms with Crippen LogP contribution in [0.4, 0.5) is 5.82 Å². The summed E-state index contributed by atoms with van der Waals surface area (Å²) in [5, 5.41) is 8.27. The molecule has 22 heavy (non-hydrogen) atoms. The average molecular weight is 298 g/mol. The van der Waals surface area contributed by atoms with Gasteiger partial charge in [0.1, 0.15) is 23.2 Å². The SMILES string of the molecule is COCCCNc1ncnc2onc(-c3ccc(C)cc3)c12. The smallest absolute Gasteiger partial charge is 0.263 e. The van der Waals surface area contributed by atoms with Crippen LogP contribution in [0.3, 0.4) is 0 Å². The van der Waals surface area contributed by atoms with Crippen LogP contribution in [-0.4, -0.2) is 35.4 Å². The van der Waals surface area contributed by atoms with Crippen LogP contribution < -0.4 is 5.32 Å². The zero-order valence-corrected chi connectivity index (χ0v) is 12.7. The summed E-state index contributed by atoms with van der Waals surface area (Å²) in [5.74, 6) is 0.734. The highest BCUT2D eigenvalue weighted by Crippen LogP contribution is 2.31. The zero-order valence-electron chi connectivity index (χ0n) is 12.7. The Morgan fingerprint density at radius 3 is 2.77 bits per heavy atom. The summed E-state index contributed by atoms with van der Waals surface area (Å²) >= 11 is 0. The number of anilines is 1. The van der Waals surface area contributed by atoms with Gasteiger partial charge in [0.2, 0.25) is 0 Å². The third-order valence-corrected chi connectivity index (χ3v) is 3.42. The van der Waals surface area contributed by atoms with E-state index in [1.807, 2.05) is 24.3 Å². The summed E-state index contributed by atoms with van der Waals surface area (Å²) < 4.78 is 10.4. The summed E-state index contributed by atoms with van der Waals surface area (Å²) in [4.78, 5) is 8.46. The van der Waals surface area contributed by atoms with Crippen LogP contribution in [0.2, 0.25) is 0 Å². The standard InChI is InChI=1S/C16H18N4O2/c1-11-4-6-12(7-5-11)14-13-15(17-8-3-9-21-2)18-10-19-16(13)22-20-14/h4-7,10H,3,8-9H2,1-2H3,(H,17,18,19). The quantitative estimate of drug-likeness (QED) is 0.705. The molecule has 3 rings (SSSR count). The number of methoxy groups -OCH3 is 1. The van der Waals surface area contributed by atoms with Gasteiger partial charge in [0.15, 0.2) is 0 Å². The first-order chi connectivity index (χ1) is 10.8. The van der Waals surface area contributed by atoms with Crippen molar-refractivity contribution < 1.29 is 9.26 Å². The molecule has 2 heterocycles. The van der Waals surface area contributed by atoms with Gasteiger partial charge >= 0.3 is 0 Å². The lowest BCUT2D eigenvalue weighted by Gasteiger charge is -2.06. The minimum Gasteiger partial charge on any atom is -0.385 e. The van der Waals surface area contributed by atoms with Gasteiger partial charge in [-0.05, 0) is 13.3 Å². The lowest BCUT2D eigenvalue weighted by Crippen LogP contribution is -2.06. The second kappa shape index (κ2) is 6.53. The van der Waals surface area contributed by atoms with Crippen molar-refractivity contribution >= 4 is 16.9 Å². The van der Waals surface area contributed by atoms with E-state index in [2.05, 4.69) is 27.4 Å². The Balaban J connectivity index is 1.95. The fourth-order valence-electron chi connectivity index (χ4n) is 2.25. The predicted molar refractivity (Wildman–Crippen MR) is 84.8 cm³/mol. The first-order valence-corrected chi connectivity index (χ1v) is 7.20. The molecule has 0 saturated heterocycles. The third-order valence-electron chi connectivity index (χ3n) is 3.42. The van der Waals surface area contributed by atoms with Gasteiger partial charge in [-0.25, -0.2) is 4.98 Å². The van der Waals surface area contributed by atoms with E-state index in [0.29, 0.717) is 12.3 Å². The second-order valence-electron chi connectivity index (χ2n) is 5.07. The van der Waals surface area contributed by atoms with Crippen molar-refractivity contribution in [3.63, 3.8) is 0 Å². The number of fused-ring (bicyclic) bond motifs is 1. The molecule has 114 valence electrons. The maximum absolute atomic E-state index is 5.34. The van der Waals surface area contributed by atoms with Gasteiger partial charge in [0.25, 0.3) is 5.71 Å². The molecule has 0 atom stereocenters. The van der Waals surface area contributed by atoms with Crippen LogP contribution in [-0.2, 0) is 4.74 Å². The molecule has 3 aromatic rings. The molecule has 0 unspecified atom stereocenters. The summed E-state index contributed by atoms with van der Waals surface area (Å²) in [6, 6.07) is 8.14. The van der Waals surface area contributed by atoms with Crippen molar-refractivity contribution in [3.05, 3.63) is 36.2 Å². The molecular formula is C16H18N4O2. The summed E-state index contributed by atoms with van der Waals surface area (Å²) in [7, 11) is 1.69. The van der Waals surface area contributed by atoms with E-state index in [1.54, 1.807) is 7.11 Å². The van der Waals surface area contributed by atoms with Crippen LogP contribution in [0.5, 0.6) is 0 Å². The molecule has 0 aliphatic rings. The van der Waals surface area contributed by atoms with E-state index >= 15 is 0 Å². The van der Waals surface area contributed by atoms with Crippen LogP contribution in [0.1, 0.15) is 12.0 Å². The lowest BCUT2D eigenvalue weighted by molar-refractivity contribution is 0.198. The van der Waals surface area contributed by atoms with Crippen molar-refractivity contribution in [2.75, 3.05) is 25.6 Å². The maximum atomic E-state index is 5.34. The fraction of sp³-hybridized carbons (Fsp3) is 0.312. The van der Waals surface area contributed by atoms with E-state index in [4.69, 9.17) is 9.26 Å². The van der Waals surface area contributed by atoms with E-state index in [1.165, 1.54) is 11.9 Å². The number of ether oxygens (including phenoxy) is 1. The topological polar surface area (TPSA) is 73.1 Å². The molecular weight excluding hydrogens is 280 g/mol. The number of nitrogens with one attached hydrogen (secondary N) is 1. The molecule has 1 N–H and O–H groups in total. The van der Waals surface area contributed by atoms with Crippen LogP contribution >= 0.6 is 0 Å². The van der Waals surface area contributed by atoms with Gasteiger partial charge in [-0.15, -0.1) is 0 Å². The Labute approximate surface area is 128 Å². The summed E-state index contributed by atoms with van der Waals surface area (Å²) in [6.45, 7) is 3.52. The third kappa shape index (κ3) is 2.92. The monoisotopic (exact) mass is 298 g/mol. The highest BCUT2D eigenvalue weighted by Gasteiger charge is 2.16. The molecule has 6 heteroatoms. The molecule has 1 aromatic carbocycles. The Morgan fingerprint density at radius 2 is 2.00 bits per heavy atom. The van der Waals surface area contributed by atoms with Gasteiger partial charge in [0.05, 0.1) is 0 Å². The van der Waals surface area contributed by atoms with E-state index < -0.39 is 0 Å². The molecule has 0 spiro atoms. The molecule has 0 bridgehead atoms. The van der Waals surface area contributed by atoms with E-state index in [-0.39, 0.29) is 0 Å². The molecule has 0 amide bonds. The van der Waals surface area contributed by atoms with Gasteiger partial charge in [0, 0.05) is 25.8 Å². The molecule has 6 nitrogen and oxygen atoms in total. The second-order valence-corrected chi connectivity index (χ2v) is 5.07. The minimum atomic E-state index is 0.486. The maximum Gasteiger partial charge on any atom is 0.263 e. The van der Waals surface area contributed by atoms with Crippen molar-refractivity contribution in [2.24, 2.45) is 0 Å². The fourth-order valence-corrected chi connectivity index (χ4v) is 2.25. The number of benzene rings is 1.